The van der Waals surface area contributed by atoms with Crippen molar-refractivity contribution in [3.63, 3.8) is 0 Å². The molecular formula is C20H27NO2S. The van der Waals surface area contributed by atoms with Gasteiger partial charge in [-0.1, -0.05) is 52.0 Å². The van der Waals surface area contributed by atoms with Crippen LogP contribution in [0.4, 0.5) is 5.69 Å². The lowest BCUT2D eigenvalue weighted by molar-refractivity contribution is 0.601. The monoisotopic (exact) mass is 345 g/mol. The van der Waals surface area contributed by atoms with Crippen LogP contribution in [0.5, 0.6) is 0 Å². The molecule has 0 bridgehead atoms. The van der Waals surface area contributed by atoms with E-state index < -0.39 is 10.0 Å². The van der Waals surface area contributed by atoms with Gasteiger partial charge in [0, 0.05) is 5.69 Å². The van der Waals surface area contributed by atoms with E-state index in [9.17, 15) is 8.42 Å². The highest BCUT2D eigenvalue weighted by Crippen LogP contribution is 2.24. The first-order chi connectivity index (χ1) is 11.4. The van der Waals surface area contributed by atoms with E-state index in [0.29, 0.717) is 22.4 Å². The Labute approximate surface area is 146 Å². The molecule has 2 atom stereocenters. The Bertz CT molecular complexity index is 749. The Kier molecular flexibility index (Phi) is 6.05. The van der Waals surface area contributed by atoms with Gasteiger partial charge in [-0.3, -0.25) is 4.72 Å². The third kappa shape index (κ3) is 4.38. The maximum Gasteiger partial charge on any atom is 0.261 e. The predicted octanol–water partition coefficient (Wildman–Crippen LogP) is 5.51. The van der Waals surface area contributed by atoms with E-state index in [1.165, 1.54) is 5.56 Å². The summed E-state index contributed by atoms with van der Waals surface area (Å²) in [5.41, 5.74) is 2.97. The Balaban J connectivity index is 2.16. The molecule has 0 aliphatic carbocycles. The van der Waals surface area contributed by atoms with E-state index in [0.717, 1.165) is 18.4 Å². The maximum atomic E-state index is 12.5. The van der Waals surface area contributed by atoms with E-state index in [4.69, 9.17) is 0 Å². The summed E-state index contributed by atoms with van der Waals surface area (Å²) in [6, 6.07) is 14.8. The Morgan fingerprint density at radius 1 is 0.792 bits per heavy atom. The molecule has 1 N–H and O–H groups in total. The number of nitrogens with one attached hydrogen (secondary N) is 1. The summed E-state index contributed by atoms with van der Waals surface area (Å²) in [4.78, 5) is 0.292. The van der Waals surface area contributed by atoms with Gasteiger partial charge in [-0.25, -0.2) is 8.42 Å². The summed E-state index contributed by atoms with van der Waals surface area (Å²) in [5, 5.41) is 0. The van der Waals surface area contributed by atoms with Gasteiger partial charge in [0.2, 0.25) is 0 Å². The van der Waals surface area contributed by atoms with Gasteiger partial charge in [-0.15, -0.1) is 0 Å². The highest BCUT2D eigenvalue weighted by Gasteiger charge is 2.15. The van der Waals surface area contributed by atoms with Crippen LogP contribution in [0.1, 0.15) is 63.5 Å². The molecule has 130 valence electrons. The minimum atomic E-state index is -3.55. The standard InChI is InChI=1S/C20H27NO2S/c1-5-15(3)17-7-11-19(12-8-17)21-24(22,23)20-13-9-18(10-14-20)16(4)6-2/h7-16,21H,5-6H2,1-4H3. The fraction of sp³-hybridized carbons (Fsp3) is 0.400. The van der Waals surface area contributed by atoms with E-state index in [2.05, 4.69) is 32.4 Å². The van der Waals surface area contributed by atoms with Crippen molar-refractivity contribution < 1.29 is 8.42 Å². The second kappa shape index (κ2) is 7.84. The van der Waals surface area contributed by atoms with Gasteiger partial charge in [0.15, 0.2) is 0 Å². The van der Waals surface area contributed by atoms with Crippen LogP contribution in [0.2, 0.25) is 0 Å². The topological polar surface area (TPSA) is 46.2 Å². The van der Waals surface area contributed by atoms with Crippen LogP contribution in [0.25, 0.3) is 0 Å². The van der Waals surface area contributed by atoms with Crippen LogP contribution >= 0.6 is 0 Å². The van der Waals surface area contributed by atoms with Crippen molar-refractivity contribution in [2.75, 3.05) is 4.72 Å². The number of benzene rings is 2. The van der Waals surface area contributed by atoms with Crippen molar-refractivity contribution >= 4 is 15.7 Å². The summed E-state index contributed by atoms with van der Waals surface area (Å²) < 4.78 is 27.7. The van der Waals surface area contributed by atoms with Crippen molar-refractivity contribution in [3.05, 3.63) is 59.7 Å². The molecule has 24 heavy (non-hydrogen) atoms. The molecule has 2 aromatic carbocycles. The van der Waals surface area contributed by atoms with Crippen molar-refractivity contribution in [1.82, 2.24) is 0 Å². The van der Waals surface area contributed by atoms with Crippen LogP contribution in [0.3, 0.4) is 0 Å². The molecule has 0 aliphatic heterocycles. The fourth-order valence-corrected chi connectivity index (χ4v) is 3.60. The maximum absolute atomic E-state index is 12.5. The van der Waals surface area contributed by atoms with Crippen LogP contribution in [0.15, 0.2) is 53.4 Å². The highest BCUT2D eigenvalue weighted by atomic mass is 32.2. The zero-order valence-corrected chi connectivity index (χ0v) is 15.7. The molecule has 0 heterocycles. The van der Waals surface area contributed by atoms with Crippen LogP contribution in [-0.2, 0) is 10.0 Å². The lowest BCUT2D eigenvalue weighted by atomic mass is 9.99. The average Bonchev–Trinajstić information content (AvgIpc) is 2.60. The largest absolute Gasteiger partial charge is 0.280 e. The van der Waals surface area contributed by atoms with Crippen LogP contribution in [-0.4, -0.2) is 8.42 Å². The lowest BCUT2D eigenvalue weighted by Gasteiger charge is -2.13. The van der Waals surface area contributed by atoms with Gasteiger partial charge in [0.05, 0.1) is 4.90 Å². The first-order valence-corrected chi connectivity index (χ1v) is 10.1. The molecule has 0 aliphatic rings. The van der Waals surface area contributed by atoms with E-state index in [-0.39, 0.29) is 0 Å². The van der Waals surface area contributed by atoms with Crippen molar-refractivity contribution in [2.45, 2.75) is 57.3 Å². The number of hydrogen-bond donors (Lipinski definition) is 1. The van der Waals surface area contributed by atoms with E-state index in [1.807, 2.05) is 36.4 Å². The van der Waals surface area contributed by atoms with Crippen LogP contribution in [0, 0.1) is 0 Å². The second-order valence-corrected chi connectivity index (χ2v) is 8.10. The normalized spacial score (nSPS) is 14.2. The number of sulfonamides is 1. The van der Waals surface area contributed by atoms with Gasteiger partial charge in [-0.2, -0.15) is 0 Å². The molecule has 2 aromatic rings. The molecule has 4 heteroatoms. The minimum absolute atomic E-state index is 0.292. The summed E-state index contributed by atoms with van der Waals surface area (Å²) in [7, 11) is -3.55. The summed E-state index contributed by atoms with van der Waals surface area (Å²) >= 11 is 0. The minimum Gasteiger partial charge on any atom is -0.280 e. The molecule has 0 fully saturated rings. The predicted molar refractivity (Wildman–Crippen MR) is 101 cm³/mol. The summed E-state index contributed by atoms with van der Waals surface area (Å²) in [6.07, 6.45) is 2.10. The first-order valence-electron chi connectivity index (χ1n) is 8.60. The quantitative estimate of drug-likeness (QED) is 0.718. The van der Waals surface area contributed by atoms with E-state index >= 15 is 0 Å². The Morgan fingerprint density at radius 2 is 1.21 bits per heavy atom. The highest BCUT2D eigenvalue weighted by molar-refractivity contribution is 7.92. The molecule has 2 unspecified atom stereocenters. The second-order valence-electron chi connectivity index (χ2n) is 6.42. The SMILES string of the molecule is CCC(C)c1ccc(NS(=O)(=O)c2ccc(C(C)CC)cc2)cc1. The van der Waals surface area contributed by atoms with Gasteiger partial charge in [-0.05, 0) is 60.1 Å². The summed E-state index contributed by atoms with van der Waals surface area (Å²) in [5.74, 6) is 0.909. The summed E-state index contributed by atoms with van der Waals surface area (Å²) in [6.45, 7) is 8.57. The molecule has 0 aromatic heterocycles. The van der Waals surface area contributed by atoms with Gasteiger partial charge < -0.3 is 0 Å². The zero-order chi connectivity index (χ0) is 17.7. The van der Waals surface area contributed by atoms with Gasteiger partial charge in [0.1, 0.15) is 0 Å². The van der Waals surface area contributed by atoms with E-state index in [1.54, 1.807) is 12.1 Å². The molecular weight excluding hydrogens is 318 g/mol. The fourth-order valence-electron chi connectivity index (χ4n) is 2.54. The molecule has 2 rings (SSSR count). The Morgan fingerprint density at radius 3 is 1.62 bits per heavy atom. The average molecular weight is 346 g/mol. The zero-order valence-electron chi connectivity index (χ0n) is 14.9. The third-order valence-corrected chi connectivity index (χ3v) is 6.11. The third-order valence-electron chi connectivity index (χ3n) is 4.72. The van der Waals surface area contributed by atoms with Crippen molar-refractivity contribution in [3.8, 4) is 0 Å². The molecule has 3 nitrogen and oxygen atoms in total. The Hall–Kier alpha value is -1.81. The van der Waals surface area contributed by atoms with Crippen LogP contribution < -0.4 is 4.72 Å². The first kappa shape index (κ1) is 18.5. The molecule has 0 saturated carbocycles. The van der Waals surface area contributed by atoms with Gasteiger partial charge >= 0.3 is 0 Å². The molecule has 0 amide bonds. The van der Waals surface area contributed by atoms with Crippen molar-refractivity contribution in [2.24, 2.45) is 0 Å². The number of rotatable bonds is 7. The lowest BCUT2D eigenvalue weighted by Crippen LogP contribution is -2.13. The van der Waals surface area contributed by atoms with Crippen molar-refractivity contribution in [1.29, 1.82) is 0 Å². The molecule has 0 radical (unpaired) electrons. The number of anilines is 1. The number of hydrogen-bond acceptors (Lipinski definition) is 2. The molecule has 0 saturated heterocycles. The smallest absolute Gasteiger partial charge is 0.261 e. The molecule has 0 spiro atoms. The van der Waals surface area contributed by atoms with Gasteiger partial charge in [0.25, 0.3) is 10.0 Å².